The summed E-state index contributed by atoms with van der Waals surface area (Å²) in [5, 5.41) is 2.72. The molecule has 1 amide bonds. The molecule has 0 aliphatic heterocycles. The van der Waals surface area contributed by atoms with Crippen LogP contribution >= 0.6 is 28.3 Å². The third-order valence-corrected chi connectivity index (χ3v) is 5.61. The molecule has 0 aliphatic carbocycles. The van der Waals surface area contributed by atoms with E-state index >= 15 is 0 Å². The summed E-state index contributed by atoms with van der Waals surface area (Å²) in [6, 6.07) is 8.36. The minimum Gasteiger partial charge on any atom is -0.487 e. The highest BCUT2D eigenvalue weighted by Crippen LogP contribution is 2.38. The Balaban J connectivity index is 0.00000385. The molecule has 0 saturated carbocycles. The quantitative estimate of drug-likeness (QED) is 0.413. The van der Waals surface area contributed by atoms with Gasteiger partial charge in [0, 0.05) is 41.5 Å². The number of aryl methyl sites for hydroxylation is 2. The maximum absolute atomic E-state index is 14.1. The van der Waals surface area contributed by atoms with Crippen molar-refractivity contribution < 1.29 is 18.3 Å². The number of carbonyl (C=O) groups excluding carboxylic acids is 1. The number of aromatic nitrogens is 1. The number of carbonyl (C=O) groups is 1. The number of aromatic amines is 1. The van der Waals surface area contributed by atoms with Crippen molar-refractivity contribution in [1.82, 2.24) is 10.3 Å². The number of hydrogen-bond acceptors (Lipinski definition) is 4. The summed E-state index contributed by atoms with van der Waals surface area (Å²) in [6.07, 6.45) is 0. The zero-order chi connectivity index (χ0) is 23.4. The number of rotatable bonds is 7. The van der Waals surface area contributed by atoms with Crippen LogP contribution in [0.15, 0.2) is 45.7 Å². The average Bonchev–Trinajstić information content (AvgIpc) is 2.75. The van der Waals surface area contributed by atoms with Crippen molar-refractivity contribution >= 4 is 34.2 Å². The van der Waals surface area contributed by atoms with Crippen LogP contribution in [-0.2, 0) is 6.61 Å². The van der Waals surface area contributed by atoms with Gasteiger partial charge in [-0.05, 0) is 65.2 Å². The summed E-state index contributed by atoms with van der Waals surface area (Å²) < 4.78 is 33.3. The molecule has 2 aromatic carbocycles. The van der Waals surface area contributed by atoms with Crippen molar-refractivity contribution in [3.8, 4) is 16.9 Å². The summed E-state index contributed by atoms with van der Waals surface area (Å²) >= 11 is 3.26. The molecule has 10 heteroatoms. The van der Waals surface area contributed by atoms with Gasteiger partial charge < -0.3 is 20.8 Å². The van der Waals surface area contributed by atoms with E-state index in [-0.39, 0.29) is 40.7 Å². The molecular weight excluding hydrogens is 520 g/mol. The number of halogens is 4. The van der Waals surface area contributed by atoms with Crippen LogP contribution in [0.25, 0.3) is 11.1 Å². The number of nitrogens with one attached hydrogen (secondary N) is 2. The average molecular weight is 543 g/mol. The first-order chi connectivity index (χ1) is 15.2. The summed E-state index contributed by atoms with van der Waals surface area (Å²) in [5.41, 5.74) is 8.13. The summed E-state index contributed by atoms with van der Waals surface area (Å²) in [6.45, 7) is 3.99. The molecule has 0 atom stereocenters. The minimum atomic E-state index is -0.751. The van der Waals surface area contributed by atoms with Crippen molar-refractivity contribution in [2.45, 2.75) is 20.5 Å². The SMILES string of the molecule is Cc1ccc(C(=O)NCCN)cc1-c1c(C)[nH]c(=O)c(Br)c1OCc1ccc(F)cc1F.Cl. The van der Waals surface area contributed by atoms with Gasteiger partial charge in [0.25, 0.3) is 11.5 Å². The molecule has 1 heterocycles. The van der Waals surface area contributed by atoms with Gasteiger partial charge in [0.05, 0.1) is 0 Å². The molecule has 3 rings (SSSR count). The van der Waals surface area contributed by atoms with Crippen LogP contribution in [0.3, 0.4) is 0 Å². The number of hydrogen-bond donors (Lipinski definition) is 3. The number of H-pyrrole nitrogens is 1. The van der Waals surface area contributed by atoms with Gasteiger partial charge in [-0.25, -0.2) is 8.78 Å². The minimum absolute atomic E-state index is 0. The predicted molar refractivity (Wildman–Crippen MR) is 129 cm³/mol. The lowest BCUT2D eigenvalue weighted by Crippen LogP contribution is -2.29. The second kappa shape index (κ2) is 11.4. The summed E-state index contributed by atoms with van der Waals surface area (Å²) in [4.78, 5) is 27.5. The molecule has 0 fully saturated rings. The Morgan fingerprint density at radius 3 is 2.58 bits per heavy atom. The Hall–Kier alpha value is -2.75. The molecule has 0 saturated heterocycles. The first-order valence-electron chi connectivity index (χ1n) is 9.81. The van der Waals surface area contributed by atoms with Crippen LogP contribution in [0.1, 0.15) is 27.2 Å². The first-order valence-corrected chi connectivity index (χ1v) is 10.6. The van der Waals surface area contributed by atoms with Gasteiger partial charge in [0.2, 0.25) is 0 Å². The first kappa shape index (κ1) is 26.5. The Bertz CT molecular complexity index is 1230. The molecule has 1 aromatic heterocycles. The van der Waals surface area contributed by atoms with Gasteiger partial charge >= 0.3 is 0 Å². The normalized spacial score (nSPS) is 10.5. The molecular formula is C23H23BrClF2N3O3. The number of ether oxygens (including phenoxy) is 1. The Kier molecular flexibility index (Phi) is 9.16. The molecule has 176 valence electrons. The molecule has 0 bridgehead atoms. The number of amides is 1. The van der Waals surface area contributed by atoms with E-state index in [1.54, 1.807) is 25.1 Å². The van der Waals surface area contributed by atoms with Gasteiger partial charge in [-0.1, -0.05) is 6.07 Å². The largest absolute Gasteiger partial charge is 0.487 e. The smallest absolute Gasteiger partial charge is 0.266 e. The van der Waals surface area contributed by atoms with Crippen LogP contribution in [0.5, 0.6) is 5.75 Å². The molecule has 6 nitrogen and oxygen atoms in total. The summed E-state index contributed by atoms with van der Waals surface area (Å²) in [5.74, 6) is -1.54. The maximum atomic E-state index is 14.1. The highest BCUT2D eigenvalue weighted by Gasteiger charge is 2.20. The number of benzene rings is 2. The van der Waals surface area contributed by atoms with E-state index < -0.39 is 17.2 Å². The van der Waals surface area contributed by atoms with E-state index in [0.717, 1.165) is 17.7 Å². The van der Waals surface area contributed by atoms with Crippen LogP contribution in [-0.4, -0.2) is 24.0 Å². The lowest BCUT2D eigenvalue weighted by Gasteiger charge is -2.18. The topological polar surface area (TPSA) is 97.2 Å². The highest BCUT2D eigenvalue weighted by molar-refractivity contribution is 9.10. The predicted octanol–water partition coefficient (Wildman–Crippen LogP) is 4.39. The van der Waals surface area contributed by atoms with Crippen molar-refractivity contribution in [2.24, 2.45) is 5.73 Å². The van der Waals surface area contributed by atoms with Crippen molar-refractivity contribution in [1.29, 1.82) is 0 Å². The van der Waals surface area contributed by atoms with Crippen molar-refractivity contribution in [3.63, 3.8) is 0 Å². The molecule has 3 aromatic rings. The van der Waals surface area contributed by atoms with Crippen LogP contribution in [0, 0.1) is 25.5 Å². The second-order valence-corrected chi connectivity index (χ2v) is 7.99. The van der Waals surface area contributed by atoms with E-state index in [1.807, 2.05) is 6.92 Å². The highest BCUT2D eigenvalue weighted by atomic mass is 79.9. The Morgan fingerprint density at radius 1 is 1.18 bits per heavy atom. The van der Waals surface area contributed by atoms with E-state index in [4.69, 9.17) is 10.5 Å². The van der Waals surface area contributed by atoms with E-state index in [0.29, 0.717) is 35.5 Å². The third kappa shape index (κ3) is 5.98. The standard InChI is InChI=1S/C23H22BrF2N3O3.ClH/c1-12-3-4-14(22(30)28-8-7-27)9-17(12)19-13(2)29-23(31)20(24)21(19)32-11-15-5-6-16(25)10-18(15)26;/h3-6,9-10H,7-8,11,27H2,1-2H3,(H,28,30)(H,29,31);1H. The fraction of sp³-hybridized carbons (Fsp3) is 0.217. The van der Waals surface area contributed by atoms with Crippen molar-refractivity contribution in [2.75, 3.05) is 13.1 Å². The van der Waals surface area contributed by atoms with Gasteiger partial charge in [0.1, 0.15) is 28.5 Å². The Labute approximate surface area is 204 Å². The Morgan fingerprint density at radius 2 is 1.91 bits per heavy atom. The van der Waals surface area contributed by atoms with Gasteiger partial charge in [-0.3, -0.25) is 9.59 Å². The van der Waals surface area contributed by atoms with Crippen molar-refractivity contribution in [3.05, 3.63) is 85.2 Å². The fourth-order valence-electron chi connectivity index (χ4n) is 3.24. The molecule has 4 N–H and O–H groups in total. The van der Waals surface area contributed by atoms with E-state index in [2.05, 4.69) is 26.2 Å². The molecule has 33 heavy (non-hydrogen) atoms. The van der Waals surface area contributed by atoms with Crippen LogP contribution in [0.4, 0.5) is 8.78 Å². The lowest BCUT2D eigenvalue weighted by atomic mass is 9.96. The lowest BCUT2D eigenvalue weighted by molar-refractivity contribution is 0.0954. The van der Waals surface area contributed by atoms with Crippen LogP contribution < -0.4 is 21.3 Å². The maximum Gasteiger partial charge on any atom is 0.266 e. The third-order valence-electron chi connectivity index (χ3n) is 4.89. The van der Waals surface area contributed by atoms with Gasteiger partial charge in [-0.15, -0.1) is 12.4 Å². The van der Waals surface area contributed by atoms with E-state index in [1.165, 1.54) is 6.07 Å². The monoisotopic (exact) mass is 541 g/mol. The molecule has 0 unspecified atom stereocenters. The zero-order valence-electron chi connectivity index (χ0n) is 17.9. The second-order valence-electron chi connectivity index (χ2n) is 7.20. The number of nitrogens with two attached hydrogens (primary N) is 1. The molecule has 0 radical (unpaired) electrons. The van der Waals surface area contributed by atoms with Gasteiger partial charge in [0.15, 0.2) is 0 Å². The molecule has 0 aliphatic rings. The molecule has 0 spiro atoms. The number of pyridine rings is 1. The van der Waals surface area contributed by atoms with E-state index in [9.17, 15) is 18.4 Å². The fourth-order valence-corrected chi connectivity index (χ4v) is 3.65. The zero-order valence-corrected chi connectivity index (χ0v) is 20.3. The summed E-state index contributed by atoms with van der Waals surface area (Å²) in [7, 11) is 0. The van der Waals surface area contributed by atoms with Gasteiger partial charge in [-0.2, -0.15) is 0 Å². The van der Waals surface area contributed by atoms with Crippen LogP contribution in [0.2, 0.25) is 0 Å².